The van der Waals surface area contributed by atoms with E-state index in [0.29, 0.717) is 38.6 Å². The van der Waals surface area contributed by atoms with Gasteiger partial charge in [-0.3, -0.25) is 19.3 Å². The van der Waals surface area contributed by atoms with E-state index in [-0.39, 0.29) is 17.0 Å². The molecule has 1 N–H and O–H groups in total. The van der Waals surface area contributed by atoms with E-state index in [1.807, 2.05) is 24.3 Å². The highest BCUT2D eigenvalue weighted by Crippen LogP contribution is 2.20. The van der Waals surface area contributed by atoms with Gasteiger partial charge in [-0.15, -0.1) is 0 Å². The SMILES string of the molecule is CNC(=O)c1cn(CCC(C)C)cc(C(=O)N2CCN(Cc3ccccc3OC)CC2)c1=O. The number of nitrogens with one attached hydrogen (secondary N) is 1. The van der Waals surface area contributed by atoms with Gasteiger partial charge in [0, 0.05) is 64.3 Å². The van der Waals surface area contributed by atoms with Gasteiger partial charge < -0.3 is 19.5 Å². The van der Waals surface area contributed by atoms with E-state index in [1.165, 1.54) is 7.05 Å². The molecule has 3 rings (SSSR count). The van der Waals surface area contributed by atoms with Gasteiger partial charge >= 0.3 is 0 Å². The summed E-state index contributed by atoms with van der Waals surface area (Å²) in [5, 5.41) is 2.50. The monoisotopic (exact) mass is 454 g/mol. The van der Waals surface area contributed by atoms with Crippen LogP contribution in [0.1, 0.15) is 46.5 Å². The maximum Gasteiger partial charge on any atom is 0.259 e. The number of amides is 2. The molecular formula is C25H34N4O4. The largest absolute Gasteiger partial charge is 0.496 e. The zero-order chi connectivity index (χ0) is 24.0. The fourth-order valence-corrected chi connectivity index (χ4v) is 3.97. The fourth-order valence-electron chi connectivity index (χ4n) is 3.97. The van der Waals surface area contributed by atoms with Crippen molar-refractivity contribution in [1.82, 2.24) is 19.7 Å². The first-order valence-electron chi connectivity index (χ1n) is 11.4. The number of methoxy groups -OCH3 is 1. The molecule has 1 saturated heterocycles. The highest BCUT2D eigenvalue weighted by Gasteiger charge is 2.26. The highest BCUT2D eigenvalue weighted by molar-refractivity contribution is 5.99. The van der Waals surface area contributed by atoms with Crippen LogP contribution in [0.5, 0.6) is 5.75 Å². The number of hydrogen-bond acceptors (Lipinski definition) is 5. The maximum atomic E-state index is 13.3. The molecule has 0 aliphatic carbocycles. The molecule has 0 atom stereocenters. The first kappa shape index (κ1) is 24.5. The van der Waals surface area contributed by atoms with Crippen molar-refractivity contribution in [1.29, 1.82) is 0 Å². The van der Waals surface area contributed by atoms with Crippen molar-refractivity contribution in [3.63, 3.8) is 0 Å². The Hall–Kier alpha value is -3.13. The Bertz CT molecular complexity index is 1040. The average Bonchev–Trinajstić information content (AvgIpc) is 2.83. The summed E-state index contributed by atoms with van der Waals surface area (Å²) >= 11 is 0. The number of aromatic nitrogens is 1. The van der Waals surface area contributed by atoms with Crippen LogP contribution in [0.15, 0.2) is 41.5 Å². The van der Waals surface area contributed by atoms with E-state index in [9.17, 15) is 14.4 Å². The van der Waals surface area contributed by atoms with Crippen molar-refractivity contribution in [2.45, 2.75) is 33.4 Å². The quantitative estimate of drug-likeness (QED) is 0.661. The maximum absolute atomic E-state index is 13.3. The minimum Gasteiger partial charge on any atom is -0.496 e. The summed E-state index contributed by atoms with van der Waals surface area (Å²) in [6.07, 6.45) is 4.03. The second-order valence-corrected chi connectivity index (χ2v) is 8.79. The lowest BCUT2D eigenvalue weighted by atomic mass is 10.1. The van der Waals surface area contributed by atoms with Crippen molar-refractivity contribution in [3.8, 4) is 5.75 Å². The number of nitrogens with zero attached hydrogens (tertiary/aromatic N) is 3. The van der Waals surface area contributed by atoms with Gasteiger partial charge in [-0.1, -0.05) is 32.0 Å². The number of piperazine rings is 1. The molecule has 0 saturated carbocycles. The van der Waals surface area contributed by atoms with Crippen LogP contribution in [0, 0.1) is 5.92 Å². The number of rotatable bonds is 8. The molecule has 1 fully saturated rings. The number of ether oxygens (including phenoxy) is 1. The number of benzene rings is 1. The van der Waals surface area contributed by atoms with Crippen LogP contribution in [0.25, 0.3) is 0 Å². The molecule has 178 valence electrons. The Balaban J connectivity index is 1.74. The summed E-state index contributed by atoms with van der Waals surface area (Å²) in [5.74, 6) is 0.517. The Kier molecular flexibility index (Phi) is 8.27. The minimum atomic E-state index is -0.517. The second kappa shape index (κ2) is 11.1. The third-order valence-electron chi connectivity index (χ3n) is 5.99. The molecule has 1 aliphatic rings. The van der Waals surface area contributed by atoms with Crippen molar-refractivity contribution < 1.29 is 14.3 Å². The lowest BCUT2D eigenvalue weighted by molar-refractivity contribution is 0.0625. The molecule has 33 heavy (non-hydrogen) atoms. The van der Waals surface area contributed by atoms with E-state index < -0.39 is 11.3 Å². The second-order valence-electron chi connectivity index (χ2n) is 8.79. The van der Waals surface area contributed by atoms with Crippen LogP contribution in [-0.4, -0.2) is 66.5 Å². The normalized spacial score (nSPS) is 14.4. The van der Waals surface area contributed by atoms with Crippen LogP contribution in [0.3, 0.4) is 0 Å². The van der Waals surface area contributed by atoms with Gasteiger partial charge in [-0.2, -0.15) is 0 Å². The lowest BCUT2D eigenvalue weighted by Crippen LogP contribution is -2.49. The van der Waals surface area contributed by atoms with Gasteiger partial charge in [0.05, 0.1) is 7.11 Å². The molecule has 0 radical (unpaired) electrons. The summed E-state index contributed by atoms with van der Waals surface area (Å²) < 4.78 is 7.23. The van der Waals surface area contributed by atoms with Crippen molar-refractivity contribution in [2.75, 3.05) is 40.3 Å². The topological polar surface area (TPSA) is 83.9 Å². The molecule has 0 bridgehead atoms. The molecule has 0 spiro atoms. The van der Waals surface area contributed by atoms with E-state index in [1.54, 1.807) is 29.0 Å². The summed E-state index contributed by atoms with van der Waals surface area (Å²) in [5.41, 5.74) is 0.641. The number of aryl methyl sites for hydroxylation is 1. The summed E-state index contributed by atoms with van der Waals surface area (Å²) in [4.78, 5) is 42.5. The Morgan fingerprint density at radius 2 is 1.73 bits per heavy atom. The predicted molar refractivity (Wildman–Crippen MR) is 128 cm³/mol. The number of carbonyl (C=O) groups excluding carboxylic acids is 2. The van der Waals surface area contributed by atoms with Gasteiger partial charge in [0.2, 0.25) is 5.43 Å². The van der Waals surface area contributed by atoms with Crippen molar-refractivity contribution >= 4 is 11.8 Å². The summed E-state index contributed by atoms with van der Waals surface area (Å²) in [6, 6.07) is 7.92. The fraction of sp³-hybridized carbons (Fsp3) is 0.480. The van der Waals surface area contributed by atoms with Crippen molar-refractivity contribution in [3.05, 3.63) is 63.6 Å². The van der Waals surface area contributed by atoms with Crippen LogP contribution in [-0.2, 0) is 13.1 Å². The Morgan fingerprint density at radius 1 is 1.06 bits per heavy atom. The van der Waals surface area contributed by atoms with E-state index >= 15 is 0 Å². The van der Waals surface area contributed by atoms with Gasteiger partial charge in [0.15, 0.2) is 0 Å². The highest BCUT2D eigenvalue weighted by atomic mass is 16.5. The van der Waals surface area contributed by atoms with Crippen LogP contribution in [0.4, 0.5) is 0 Å². The zero-order valence-electron chi connectivity index (χ0n) is 20.0. The van der Waals surface area contributed by atoms with Gasteiger partial charge in [-0.25, -0.2) is 0 Å². The van der Waals surface area contributed by atoms with Gasteiger partial charge in [0.25, 0.3) is 11.8 Å². The standard InChI is InChI=1S/C25H34N4O4/c1-18(2)9-10-28-16-20(24(31)26-3)23(30)21(17-28)25(32)29-13-11-27(12-14-29)15-19-7-5-6-8-22(19)33-4/h5-8,16-18H,9-15H2,1-4H3,(H,26,31). The lowest BCUT2D eigenvalue weighted by Gasteiger charge is -2.35. The third kappa shape index (κ3) is 6.01. The molecule has 8 nitrogen and oxygen atoms in total. The van der Waals surface area contributed by atoms with Crippen LogP contribution in [0.2, 0.25) is 0 Å². The molecule has 2 heterocycles. The predicted octanol–water partition coefficient (Wildman–Crippen LogP) is 2.22. The Labute approximate surface area is 195 Å². The minimum absolute atomic E-state index is 0.00177. The van der Waals surface area contributed by atoms with E-state index in [2.05, 4.69) is 24.1 Å². The molecule has 2 amide bonds. The van der Waals surface area contributed by atoms with E-state index in [4.69, 9.17) is 4.74 Å². The first-order valence-corrected chi connectivity index (χ1v) is 11.4. The molecule has 1 aromatic heterocycles. The molecule has 2 aromatic rings. The number of hydrogen-bond donors (Lipinski definition) is 1. The van der Waals surface area contributed by atoms with Crippen molar-refractivity contribution in [2.24, 2.45) is 5.92 Å². The number of para-hydroxylation sites is 1. The zero-order valence-corrected chi connectivity index (χ0v) is 20.0. The summed E-state index contributed by atoms with van der Waals surface area (Å²) in [7, 11) is 3.14. The van der Waals surface area contributed by atoms with Crippen LogP contribution < -0.4 is 15.5 Å². The van der Waals surface area contributed by atoms with Gasteiger partial charge in [-0.05, 0) is 18.4 Å². The first-order chi connectivity index (χ1) is 15.8. The summed E-state index contributed by atoms with van der Waals surface area (Å²) in [6.45, 7) is 8.01. The number of carbonyl (C=O) groups is 2. The van der Waals surface area contributed by atoms with E-state index in [0.717, 1.165) is 24.3 Å². The van der Waals surface area contributed by atoms with Gasteiger partial charge in [0.1, 0.15) is 16.9 Å². The molecule has 0 unspecified atom stereocenters. The molecular weight excluding hydrogens is 420 g/mol. The smallest absolute Gasteiger partial charge is 0.259 e. The van der Waals surface area contributed by atoms with Crippen LogP contribution >= 0.6 is 0 Å². The Morgan fingerprint density at radius 3 is 2.36 bits per heavy atom. The third-order valence-corrected chi connectivity index (χ3v) is 5.99. The molecule has 8 heteroatoms. The number of pyridine rings is 1. The molecule has 1 aliphatic heterocycles. The molecule has 1 aromatic carbocycles. The average molecular weight is 455 g/mol.